The summed E-state index contributed by atoms with van der Waals surface area (Å²) in [6.07, 6.45) is 1.57. The lowest BCUT2D eigenvalue weighted by Crippen LogP contribution is -2.27. The molecule has 0 bridgehead atoms. The fourth-order valence-corrected chi connectivity index (χ4v) is 1.63. The van der Waals surface area contributed by atoms with Gasteiger partial charge in [-0.3, -0.25) is 9.00 Å². The van der Waals surface area contributed by atoms with Crippen molar-refractivity contribution in [3.63, 3.8) is 0 Å². The van der Waals surface area contributed by atoms with Crippen LogP contribution in [0.1, 0.15) is 10.4 Å². The highest BCUT2D eigenvalue weighted by atomic mass is 35.5. The van der Waals surface area contributed by atoms with Crippen LogP contribution in [0.15, 0.2) is 18.2 Å². The normalized spacial score (nSPS) is 12.1. The zero-order chi connectivity index (χ0) is 12.1. The van der Waals surface area contributed by atoms with E-state index in [1.165, 1.54) is 18.2 Å². The van der Waals surface area contributed by atoms with Crippen molar-refractivity contribution in [3.8, 4) is 5.75 Å². The van der Waals surface area contributed by atoms with Crippen molar-refractivity contribution in [2.45, 2.75) is 0 Å². The molecule has 0 aliphatic rings. The summed E-state index contributed by atoms with van der Waals surface area (Å²) in [5.41, 5.74) is 0.365. The number of halogens is 1. The van der Waals surface area contributed by atoms with E-state index in [9.17, 15) is 14.1 Å². The average molecular weight is 262 g/mol. The molecular formula is C10H12ClNO3S. The van der Waals surface area contributed by atoms with Gasteiger partial charge in [-0.15, -0.1) is 0 Å². The highest BCUT2D eigenvalue weighted by Gasteiger charge is 2.07. The maximum atomic E-state index is 11.5. The van der Waals surface area contributed by atoms with Crippen molar-refractivity contribution >= 4 is 28.3 Å². The van der Waals surface area contributed by atoms with Gasteiger partial charge in [0.1, 0.15) is 5.75 Å². The molecule has 0 fully saturated rings. The third-order valence-electron chi connectivity index (χ3n) is 1.88. The molecule has 0 saturated heterocycles. The largest absolute Gasteiger partial charge is 0.506 e. The predicted molar refractivity (Wildman–Crippen MR) is 64.4 cm³/mol. The smallest absolute Gasteiger partial charge is 0.251 e. The van der Waals surface area contributed by atoms with E-state index >= 15 is 0 Å². The van der Waals surface area contributed by atoms with Crippen molar-refractivity contribution in [1.82, 2.24) is 5.32 Å². The number of aromatic hydroxyl groups is 1. The molecule has 1 aromatic carbocycles. The Labute approximate surface area is 101 Å². The molecule has 0 aliphatic carbocycles. The van der Waals surface area contributed by atoms with E-state index in [1.807, 2.05) is 0 Å². The Morgan fingerprint density at radius 2 is 2.25 bits per heavy atom. The summed E-state index contributed by atoms with van der Waals surface area (Å²) in [5, 5.41) is 11.9. The van der Waals surface area contributed by atoms with Crippen LogP contribution >= 0.6 is 11.6 Å². The van der Waals surface area contributed by atoms with Crippen molar-refractivity contribution in [3.05, 3.63) is 28.8 Å². The third kappa shape index (κ3) is 3.83. The van der Waals surface area contributed by atoms with E-state index in [0.29, 0.717) is 17.9 Å². The topological polar surface area (TPSA) is 66.4 Å². The maximum absolute atomic E-state index is 11.5. The van der Waals surface area contributed by atoms with Gasteiger partial charge in [0, 0.05) is 34.9 Å². The van der Waals surface area contributed by atoms with Crippen molar-refractivity contribution in [2.24, 2.45) is 0 Å². The molecule has 1 aromatic rings. The number of carbonyl (C=O) groups is 1. The van der Waals surface area contributed by atoms with Gasteiger partial charge >= 0.3 is 0 Å². The van der Waals surface area contributed by atoms with Crippen molar-refractivity contribution in [1.29, 1.82) is 0 Å². The monoisotopic (exact) mass is 261 g/mol. The first-order valence-corrected chi connectivity index (χ1v) is 6.68. The Morgan fingerprint density at radius 1 is 1.56 bits per heavy atom. The van der Waals surface area contributed by atoms with Crippen LogP contribution in [0, 0.1) is 0 Å². The molecule has 6 heteroatoms. The van der Waals surface area contributed by atoms with Crippen LogP contribution in [0.5, 0.6) is 5.75 Å². The van der Waals surface area contributed by atoms with Crippen LogP contribution in [-0.2, 0) is 10.8 Å². The van der Waals surface area contributed by atoms with Crippen LogP contribution in [-0.4, -0.2) is 33.8 Å². The summed E-state index contributed by atoms with van der Waals surface area (Å²) in [4.78, 5) is 11.5. The molecule has 88 valence electrons. The third-order valence-corrected chi connectivity index (χ3v) is 2.97. The van der Waals surface area contributed by atoms with Gasteiger partial charge in [0.15, 0.2) is 0 Å². The number of nitrogens with one attached hydrogen (secondary N) is 1. The summed E-state index contributed by atoms with van der Waals surface area (Å²) >= 11 is 5.66. The van der Waals surface area contributed by atoms with Crippen LogP contribution in [0.2, 0.25) is 5.02 Å². The van der Waals surface area contributed by atoms with E-state index in [-0.39, 0.29) is 16.7 Å². The number of amides is 1. The summed E-state index contributed by atoms with van der Waals surface area (Å²) in [6, 6.07) is 4.21. The first-order valence-electron chi connectivity index (χ1n) is 4.57. The Hall–Kier alpha value is -1.07. The van der Waals surface area contributed by atoms with Gasteiger partial charge in [0.05, 0.1) is 5.02 Å². The Kier molecular flexibility index (Phi) is 4.76. The molecule has 2 N–H and O–H groups in total. The van der Waals surface area contributed by atoms with E-state index in [2.05, 4.69) is 5.32 Å². The molecule has 0 aromatic heterocycles. The van der Waals surface area contributed by atoms with E-state index < -0.39 is 10.8 Å². The fraction of sp³-hybridized carbons (Fsp3) is 0.300. The zero-order valence-corrected chi connectivity index (χ0v) is 10.3. The molecule has 0 aliphatic heterocycles. The number of benzene rings is 1. The van der Waals surface area contributed by atoms with Crippen LogP contribution in [0.25, 0.3) is 0 Å². The van der Waals surface area contributed by atoms with Gasteiger partial charge < -0.3 is 10.4 Å². The predicted octanol–water partition coefficient (Wildman–Crippen LogP) is 1.15. The van der Waals surface area contributed by atoms with Crippen molar-refractivity contribution in [2.75, 3.05) is 18.6 Å². The highest BCUT2D eigenvalue weighted by Crippen LogP contribution is 2.23. The van der Waals surface area contributed by atoms with Gasteiger partial charge in [-0.25, -0.2) is 0 Å². The lowest BCUT2D eigenvalue weighted by atomic mass is 10.2. The maximum Gasteiger partial charge on any atom is 0.251 e. The summed E-state index contributed by atoms with van der Waals surface area (Å²) in [5.74, 6) is 0.0533. The van der Waals surface area contributed by atoms with Crippen molar-refractivity contribution < 1.29 is 14.1 Å². The second-order valence-electron chi connectivity index (χ2n) is 3.20. The molecule has 0 heterocycles. The lowest BCUT2D eigenvalue weighted by molar-refractivity contribution is 0.0956. The molecule has 1 amide bonds. The minimum atomic E-state index is -0.927. The van der Waals surface area contributed by atoms with E-state index in [0.717, 1.165) is 0 Å². The lowest BCUT2D eigenvalue weighted by Gasteiger charge is -2.05. The Bertz CT molecular complexity index is 423. The standard InChI is InChI=1S/C10H12ClNO3S/c1-16(15)5-4-12-10(14)7-2-3-9(13)8(11)6-7/h2-3,6,13H,4-5H2,1H3,(H,12,14). The van der Waals surface area contributed by atoms with Crippen LogP contribution in [0.4, 0.5) is 0 Å². The number of hydrogen-bond acceptors (Lipinski definition) is 3. The van der Waals surface area contributed by atoms with Gasteiger partial charge in [-0.1, -0.05) is 11.6 Å². The SMILES string of the molecule is CS(=O)CCNC(=O)c1ccc(O)c(Cl)c1. The molecule has 1 atom stereocenters. The molecule has 1 rings (SSSR count). The number of carbonyl (C=O) groups excluding carboxylic acids is 1. The number of rotatable bonds is 4. The van der Waals surface area contributed by atoms with Crippen LogP contribution in [0.3, 0.4) is 0 Å². The quantitative estimate of drug-likeness (QED) is 0.855. The zero-order valence-electron chi connectivity index (χ0n) is 8.70. The number of phenolic OH excluding ortho intramolecular Hbond substituents is 1. The summed E-state index contributed by atoms with van der Waals surface area (Å²) in [6.45, 7) is 0.348. The number of phenols is 1. The summed E-state index contributed by atoms with van der Waals surface area (Å²) < 4.78 is 10.8. The number of hydrogen-bond donors (Lipinski definition) is 2. The Morgan fingerprint density at radius 3 is 2.81 bits per heavy atom. The molecule has 0 saturated carbocycles. The van der Waals surface area contributed by atoms with Gasteiger partial charge in [0.25, 0.3) is 5.91 Å². The van der Waals surface area contributed by atoms with E-state index in [1.54, 1.807) is 6.26 Å². The van der Waals surface area contributed by atoms with Gasteiger partial charge in [-0.2, -0.15) is 0 Å². The molecule has 1 unspecified atom stereocenters. The second-order valence-corrected chi connectivity index (χ2v) is 5.16. The minimum Gasteiger partial charge on any atom is -0.506 e. The van der Waals surface area contributed by atoms with Gasteiger partial charge in [0.2, 0.25) is 0 Å². The second kappa shape index (κ2) is 5.86. The van der Waals surface area contributed by atoms with Crippen LogP contribution < -0.4 is 5.32 Å². The molecule has 0 spiro atoms. The fourth-order valence-electron chi connectivity index (χ4n) is 1.06. The highest BCUT2D eigenvalue weighted by molar-refractivity contribution is 7.84. The first kappa shape index (κ1) is 13.0. The summed E-state index contributed by atoms with van der Waals surface area (Å²) in [7, 11) is -0.927. The Balaban J connectivity index is 2.59. The van der Waals surface area contributed by atoms with Gasteiger partial charge in [-0.05, 0) is 18.2 Å². The first-order chi connectivity index (χ1) is 7.50. The molecule has 0 radical (unpaired) electrons. The average Bonchev–Trinajstić information content (AvgIpc) is 2.21. The molecule has 16 heavy (non-hydrogen) atoms. The molecular weight excluding hydrogens is 250 g/mol. The molecule has 4 nitrogen and oxygen atoms in total. The van der Waals surface area contributed by atoms with E-state index in [4.69, 9.17) is 11.6 Å². The minimum absolute atomic E-state index is 0.0621.